The normalized spacial score (nSPS) is 13.6. The summed E-state index contributed by atoms with van der Waals surface area (Å²) in [6.07, 6.45) is 1.71. The third kappa shape index (κ3) is 3.06. The van der Waals surface area contributed by atoms with Gasteiger partial charge in [0.1, 0.15) is 0 Å². The number of nitrogens with one attached hydrogen (secondary N) is 2. The maximum absolute atomic E-state index is 11.7. The molecule has 1 amide bonds. The molecular weight excluding hydrogens is 204 g/mol. The van der Waals surface area contributed by atoms with Crippen molar-refractivity contribution >= 4 is 5.91 Å². The number of rotatable bonds is 3. The van der Waals surface area contributed by atoms with Gasteiger partial charge in [-0.1, -0.05) is 20.8 Å². The van der Waals surface area contributed by atoms with Gasteiger partial charge in [0.25, 0.3) is 0 Å². The first-order valence-corrected chi connectivity index (χ1v) is 5.34. The average Bonchev–Trinajstić information content (AvgIpc) is 2.58. The molecule has 1 aromatic heterocycles. The summed E-state index contributed by atoms with van der Waals surface area (Å²) in [4.78, 5) is 11.7. The maximum Gasteiger partial charge on any atom is 0.237 e. The zero-order chi connectivity index (χ0) is 12.3. The number of carbonyl (C=O) groups excluding carboxylic acids is 1. The summed E-state index contributed by atoms with van der Waals surface area (Å²) in [5.41, 5.74) is 7.55. The largest absolute Gasteiger partial charge is 0.351 e. The van der Waals surface area contributed by atoms with Gasteiger partial charge in [0.2, 0.25) is 5.91 Å². The summed E-state index contributed by atoms with van der Waals surface area (Å²) >= 11 is 0. The van der Waals surface area contributed by atoms with E-state index in [1.54, 1.807) is 6.20 Å². The fraction of sp³-hybridized carbons (Fsp3) is 0.636. The highest BCUT2D eigenvalue weighted by molar-refractivity contribution is 5.82. The van der Waals surface area contributed by atoms with E-state index < -0.39 is 6.04 Å². The third-order valence-electron chi connectivity index (χ3n) is 2.60. The van der Waals surface area contributed by atoms with Gasteiger partial charge >= 0.3 is 0 Å². The van der Waals surface area contributed by atoms with Crippen molar-refractivity contribution in [3.05, 3.63) is 17.5 Å². The van der Waals surface area contributed by atoms with Gasteiger partial charge in [-0.15, -0.1) is 0 Å². The molecule has 0 saturated carbocycles. The molecule has 5 heteroatoms. The molecule has 0 fully saturated rings. The Morgan fingerprint density at radius 3 is 2.69 bits per heavy atom. The number of hydrogen-bond acceptors (Lipinski definition) is 3. The number of H-pyrrole nitrogens is 1. The lowest BCUT2D eigenvalue weighted by Gasteiger charge is -2.25. The van der Waals surface area contributed by atoms with Crippen molar-refractivity contribution in [2.45, 2.75) is 40.3 Å². The van der Waals surface area contributed by atoms with Gasteiger partial charge in [-0.25, -0.2) is 0 Å². The van der Waals surface area contributed by atoms with E-state index in [0.717, 1.165) is 11.3 Å². The first-order chi connectivity index (χ1) is 7.32. The second kappa shape index (κ2) is 4.65. The zero-order valence-corrected chi connectivity index (χ0v) is 10.3. The van der Waals surface area contributed by atoms with Crippen LogP contribution in [0.25, 0.3) is 0 Å². The highest BCUT2D eigenvalue weighted by Crippen LogP contribution is 2.17. The van der Waals surface area contributed by atoms with Gasteiger partial charge in [0.15, 0.2) is 0 Å². The predicted octanol–water partition coefficient (Wildman–Crippen LogP) is 0.708. The minimum Gasteiger partial charge on any atom is -0.351 e. The first-order valence-electron chi connectivity index (χ1n) is 5.34. The van der Waals surface area contributed by atoms with Crippen LogP contribution in [0.4, 0.5) is 0 Å². The molecular formula is C11H20N4O. The van der Waals surface area contributed by atoms with E-state index in [-0.39, 0.29) is 11.3 Å². The van der Waals surface area contributed by atoms with Crippen molar-refractivity contribution < 1.29 is 4.79 Å². The lowest BCUT2D eigenvalue weighted by Crippen LogP contribution is -2.48. The number of nitrogens with two attached hydrogens (primary N) is 1. The summed E-state index contributed by atoms with van der Waals surface area (Å²) in [6, 6.07) is -0.500. The highest BCUT2D eigenvalue weighted by atomic mass is 16.2. The quantitative estimate of drug-likeness (QED) is 0.707. The lowest BCUT2D eigenvalue weighted by molar-refractivity contribution is -0.124. The van der Waals surface area contributed by atoms with Gasteiger partial charge in [-0.2, -0.15) is 5.10 Å². The smallest absolute Gasteiger partial charge is 0.237 e. The summed E-state index contributed by atoms with van der Waals surface area (Å²) in [7, 11) is 0. The van der Waals surface area contributed by atoms with Crippen molar-refractivity contribution in [2.75, 3.05) is 0 Å². The molecule has 1 rings (SSSR count). The Labute approximate surface area is 95.8 Å². The topological polar surface area (TPSA) is 83.8 Å². The minimum atomic E-state index is -0.500. The van der Waals surface area contributed by atoms with Crippen LogP contribution >= 0.6 is 0 Å². The Balaban J connectivity index is 2.51. The van der Waals surface area contributed by atoms with Crippen LogP contribution in [0.15, 0.2) is 6.20 Å². The number of aromatic nitrogens is 2. The Bertz CT molecular complexity index is 364. The molecule has 0 saturated heterocycles. The van der Waals surface area contributed by atoms with Gasteiger partial charge in [-0.05, 0) is 12.3 Å². The van der Waals surface area contributed by atoms with Crippen molar-refractivity contribution in [3.8, 4) is 0 Å². The number of amides is 1. The Kier molecular flexibility index (Phi) is 3.70. The SMILES string of the molecule is Cc1[nH]ncc1CNC(=O)[C@H](N)C(C)(C)C. The van der Waals surface area contributed by atoms with Crippen LogP contribution in [-0.2, 0) is 11.3 Å². The Morgan fingerprint density at radius 1 is 1.62 bits per heavy atom. The van der Waals surface area contributed by atoms with Gasteiger partial charge in [0, 0.05) is 17.8 Å². The molecule has 1 aromatic rings. The van der Waals surface area contributed by atoms with Crippen molar-refractivity contribution in [1.82, 2.24) is 15.5 Å². The highest BCUT2D eigenvalue weighted by Gasteiger charge is 2.27. The van der Waals surface area contributed by atoms with E-state index in [0.29, 0.717) is 6.54 Å². The molecule has 0 aliphatic heterocycles. The Morgan fingerprint density at radius 2 is 2.25 bits per heavy atom. The van der Waals surface area contributed by atoms with E-state index in [2.05, 4.69) is 15.5 Å². The number of aromatic amines is 1. The minimum absolute atomic E-state index is 0.131. The number of nitrogens with zero attached hydrogens (tertiary/aromatic N) is 1. The van der Waals surface area contributed by atoms with E-state index in [4.69, 9.17) is 5.73 Å². The fourth-order valence-corrected chi connectivity index (χ4v) is 1.24. The summed E-state index contributed by atoms with van der Waals surface area (Å²) in [5.74, 6) is -0.131. The number of carbonyl (C=O) groups is 1. The van der Waals surface area contributed by atoms with Crippen LogP contribution < -0.4 is 11.1 Å². The molecule has 0 aliphatic rings. The average molecular weight is 224 g/mol. The molecule has 5 nitrogen and oxygen atoms in total. The molecule has 1 heterocycles. The van der Waals surface area contributed by atoms with E-state index in [1.165, 1.54) is 0 Å². The molecule has 16 heavy (non-hydrogen) atoms. The monoisotopic (exact) mass is 224 g/mol. The Hall–Kier alpha value is -1.36. The molecule has 0 aromatic carbocycles. The van der Waals surface area contributed by atoms with Gasteiger partial charge in [0.05, 0.1) is 12.2 Å². The predicted molar refractivity (Wildman–Crippen MR) is 62.6 cm³/mol. The van der Waals surface area contributed by atoms with Crippen molar-refractivity contribution in [3.63, 3.8) is 0 Å². The van der Waals surface area contributed by atoms with Gasteiger partial charge < -0.3 is 11.1 Å². The molecule has 0 radical (unpaired) electrons. The summed E-state index contributed by atoms with van der Waals surface area (Å²) in [6.45, 7) is 8.21. The summed E-state index contributed by atoms with van der Waals surface area (Å²) < 4.78 is 0. The molecule has 90 valence electrons. The number of hydrogen-bond donors (Lipinski definition) is 3. The molecule has 0 spiro atoms. The van der Waals surface area contributed by atoms with Crippen LogP contribution in [0.2, 0.25) is 0 Å². The second-order valence-electron chi connectivity index (χ2n) is 5.08. The van der Waals surface area contributed by atoms with Crippen molar-refractivity contribution in [2.24, 2.45) is 11.1 Å². The van der Waals surface area contributed by atoms with Crippen LogP contribution in [0.3, 0.4) is 0 Å². The lowest BCUT2D eigenvalue weighted by atomic mass is 9.87. The van der Waals surface area contributed by atoms with E-state index in [9.17, 15) is 4.79 Å². The first kappa shape index (κ1) is 12.7. The summed E-state index contributed by atoms with van der Waals surface area (Å²) in [5, 5.41) is 9.51. The van der Waals surface area contributed by atoms with E-state index >= 15 is 0 Å². The zero-order valence-electron chi connectivity index (χ0n) is 10.3. The molecule has 4 N–H and O–H groups in total. The molecule has 0 unspecified atom stereocenters. The van der Waals surface area contributed by atoms with Crippen LogP contribution in [0.5, 0.6) is 0 Å². The standard InChI is InChI=1S/C11H20N4O/c1-7-8(6-14-15-7)5-13-10(16)9(12)11(2,3)4/h6,9H,5,12H2,1-4H3,(H,13,16)(H,14,15)/t9-/m0/s1. The third-order valence-corrected chi connectivity index (χ3v) is 2.60. The fourth-order valence-electron chi connectivity index (χ4n) is 1.24. The van der Waals surface area contributed by atoms with Crippen LogP contribution in [-0.4, -0.2) is 22.1 Å². The van der Waals surface area contributed by atoms with Gasteiger partial charge in [-0.3, -0.25) is 9.89 Å². The van der Waals surface area contributed by atoms with Crippen molar-refractivity contribution in [1.29, 1.82) is 0 Å². The maximum atomic E-state index is 11.7. The van der Waals surface area contributed by atoms with Crippen LogP contribution in [0.1, 0.15) is 32.0 Å². The molecule has 0 aliphatic carbocycles. The number of aryl methyl sites for hydroxylation is 1. The second-order valence-corrected chi connectivity index (χ2v) is 5.08. The van der Waals surface area contributed by atoms with Crippen LogP contribution in [0, 0.1) is 12.3 Å². The molecule has 1 atom stereocenters. The molecule has 0 bridgehead atoms. The van der Waals surface area contributed by atoms with E-state index in [1.807, 2.05) is 27.7 Å².